The van der Waals surface area contributed by atoms with Gasteiger partial charge < -0.3 is 14.8 Å². The van der Waals surface area contributed by atoms with Gasteiger partial charge >= 0.3 is 0 Å². The van der Waals surface area contributed by atoms with Crippen LogP contribution in [0.2, 0.25) is 0 Å². The molecule has 0 saturated heterocycles. The van der Waals surface area contributed by atoms with Crippen molar-refractivity contribution in [3.05, 3.63) is 70.5 Å². The van der Waals surface area contributed by atoms with Gasteiger partial charge in [-0.3, -0.25) is 14.9 Å². The van der Waals surface area contributed by atoms with E-state index in [1.807, 2.05) is 0 Å². The van der Waals surface area contributed by atoms with Gasteiger partial charge in [0.15, 0.2) is 11.5 Å². The van der Waals surface area contributed by atoms with E-state index in [4.69, 9.17) is 9.47 Å². The smallest absolute Gasteiger partial charge is 0.296 e. The molecule has 3 rings (SSSR count). The van der Waals surface area contributed by atoms with Crippen molar-refractivity contribution in [2.24, 2.45) is 0 Å². The number of nitrogens with one attached hydrogen (secondary N) is 1. The minimum Gasteiger partial charge on any atom is -0.490 e. The van der Waals surface area contributed by atoms with Crippen LogP contribution in [0.3, 0.4) is 0 Å². The summed E-state index contributed by atoms with van der Waals surface area (Å²) in [6.07, 6.45) is 3.44. The van der Waals surface area contributed by atoms with E-state index in [2.05, 4.69) is 10.4 Å². The number of amides is 1. The molecule has 0 unspecified atom stereocenters. The zero-order valence-electron chi connectivity index (χ0n) is 16.0. The fourth-order valence-electron chi connectivity index (χ4n) is 2.72. The maximum absolute atomic E-state index is 12.6. The van der Waals surface area contributed by atoms with Crippen molar-refractivity contribution >= 4 is 17.3 Å². The summed E-state index contributed by atoms with van der Waals surface area (Å²) in [6, 6.07) is 11.2. The average Bonchev–Trinajstić information content (AvgIpc) is 3.25. The lowest BCUT2D eigenvalue weighted by atomic mass is 10.1. The molecule has 1 heterocycles. The highest BCUT2D eigenvalue weighted by molar-refractivity contribution is 6.05. The third-order valence-corrected chi connectivity index (χ3v) is 4.01. The Morgan fingerprint density at radius 2 is 1.79 bits per heavy atom. The lowest BCUT2D eigenvalue weighted by Gasteiger charge is -2.13. The summed E-state index contributed by atoms with van der Waals surface area (Å²) in [5.41, 5.74) is 0.890. The van der Waals surface area contributed by atoms with E-state index in [0.29, 0.717) is 24.5 Å². The van der Waals surface area contributed by atoms with Crippen molar-refractivity contribution in [3.8, 4) is 17.2 Å². The number of ether oxygens (including phenoxy) is 2. The van der Waals surface area contributed by atoms with E-state index in [-0.39, 0.29) is 17.1 Å². The van der Waals surface area contributed by atoms with E-state index in [1.165, 1.54) is 12.1 Å². The maximum Gasteiger partial charge on any atom is 0.296 e. The van der Waals surface area contributed by atoms with Gasteiger partial charge in [0.2, 0.25) is 0 Å². The van der Waals surface area contributed by atoms with Crippen molar-refractivity contribution in [2.45, 2.75) is 13.8 Å². The Kier molecular flexibility index (Phi) is 6.08. The standard InChI is InChI=1S/C20H20N4O5/c1-3-28-18-12-16(17(24(26)27)13-19(18)29-4-2)22-20(25)14-6-8-15(9-7-14)23-11-5-10-21-23/h5-13H,3-4H2,1-2H3,(H,22,25). The second-order valence-electron chi connectivity index (χ2n) is 5.89. The monoisotopic (exact) mass is 396 g/mol. The van der Waals surface area contributed by atoms with Crippen LogP contribution in [-0.4, -0.2) is 33.8 Å². The van der Waals surface area contributed by atoms with E-state index in [0.717, 1.165) is 5.69 Å². The molecule has 9 heteroatoms. The molecule has 2 aromatic carbocycles. The molecule has 0 aliphatic carbocycles. The van der Waals surface area contributed by atoms with E-state index in [1.54, 1.807) is 61.3 Å². The molecule has 0 fully saturated rings. The number of benzene rings is 2. The number of carbonyl (C=O) groups is 1. The number of hydrogen-bond acceptors (Lipinski definition) is 6. The van der Waals surface area contributed by atoms with Crippen molar-refractivity contribution in [2.75, 3.05) is 18.5 Å². The Balaban J connectivity index is 1.88. The normalized spacial score (nSPS) is 10.4. The number of anilines is 1. The third kappa shape index (κ3) is 4.52. The zero-order chi connectivity index (χ0) is 20.8. The number of aromatic nitrogens is 2. The molecular formula is C20H20N4O5. The molecule has 1 amide bonds. The number of hydrogen-bond donors (Lipinski definition) is 1. The zero-order valence-corrected chi connectivity index (χ0v) is 16.0. The highest BCUT2D eigenvalue weighted by Gasteiger charge is 2.22. The van der Waals surface area contributed by atoms with E-state index in [9.17, 15) is 14.9 Å². The van der Waals surface area contributed by atoms with Gasteiger partial charge in [0.1, 0.15) is 5.69 Å². The topological polar surface area (TPSA) is 109 Å². The lowest BCUT2D eigenvalue weighted by molar-refractivity contribution is -0.384. The average molecular weight is 396 g/mol. The third-order valence-electron chi connectivity index (χ3n) is 4.01. The molecule has 0 bridgehead atoms. The SMILES string of the molecule is CCOc1cc(NC(=O)c2ccc(-n3cccn3)cc2)c([N+](=O)[O-])cc1OCC. The first-order chi connectivity index (χ1) is 14.0. The van der Waals surface area contributed by atoms with Crippen LogP contribution in [0, 0.1) is 10.1 Å². The molecule has 0 atom stereocenters. The molecule has 0 saturated carbocycles. The molecule has 0 radical (unpaired) electrons. The Labute approximate surface area is 167 Å². The Morgan fingerprint density at radius 1 is 1.14 bits per heavy atom. The van der Waals surface area contributed by atoms with Gasteiger partial charge in [-0.05, 0) is 44.2 Å². The summed E-state index contributed by atoms with van der Waals surface area (Å²) in [5.74, 6) is 0.0960. The Hall–Kier alpha value is -3.88. The number of rotatable bonds is 8. The molecule has 29 heavy (non-hydrogen) atoms. The first kappa shape index (κ1) is 19.9. The Bertz CT molecular complexity index is 1000. The molecule has 0 aliphatic rings. The van der Waals surface area contributed by atoms with Gasteiger partial charge in [-0.1, -0.05) is 0 Å². The van der Waals surface area contributed by atoms with E-state index < -0.39 is 10.8 Å². The van der Waals surface area contributed by atoms with Gasteiger partial charge in [0.25, 0.3) is 11.6 Å². The van der Waals surface area contributed by atoms with E-state index >= 15 is 0 Å². The van der Waals surface area contributed by atoms with Crippen LogP contribution in [0.5, 0.6) is 11.5 Å². The minimum absolute atomic E-state index is 0.0306. The van der Waals surface area contributed by atoms with Crippen LogP contribution < -0.4 is 14.8 Å². The van der Waals surface area contributed by atoms with Gasteiger partial charge in [-0.2, -0.15) is 5.10 Å². The van der Waals surface area contributed by atoms with Gasteiger partial charge in [-0.15, -0.1) is 0 Å². The quantitative estimate of drug-likeness (QED) is 0.458. The molecule has 1 N–H and O–H groups in total. The predicted molar refractivity (Wildman–Crippen MR) is 107 cm³/mol. The summed E-state index contributed by atoms with van der Waals surface area (Å²) in [7, 11) is 0. The van der Waals surface area contributed by atoms with Gasteiger partial charge in [0.05, 0.1) is 29.9 Å². The summed E-state index contributed by atoms with van der Waals surface area (Å²) in [4.78, 5) is 23.6. The number of nitro benzene ring substituents is 1. The van der Waals surface area contributed by atoms with Crippen LogP contribution in [-0.2, 0) is 0 Å². The van der Waals surface area contributed by atoms with Crippen molar-refractivity contribution in [3.63, 3.8) is 0 Å². The predicted octanol–water partition coefficient (Wildman–Crippen LogP) is 3.83. The summed E-state index contributed by atoms with van der Waals surface area (Å²) in [5, 5.41) is 18.2. The molecule has 9 nitrogen and oxygen atoms in total. The number of nitro groups is 1. The number of carbonyl (C=O) groups excluding carboxylic acids is 1. The van der Waals surface area contributed by atoms with Crippen LogP contribution in [0.25, 0.3) is 5.69 Å². The van der Waals surface area contributed by atoms with Crippen LogP contribution in [0.4, 0.5) is 11.4 Å². The van der Waals surface area contributed by atoms with Crippen LogP contribution in [0.15, 0.2) is 54.9 Å². The van der Waals surface area contributed by atoms with Gasteiger partial charge in [-0.25, -0.2) is 4.68 Å². The van der Waals surface area contributed by atoms with Gasteiger partial charge in [0, 0.05) is 24.0 Å². The Morgan fingerprint density at radius 3 is 2.34 bits per heavy atom. The fraction of sp³-hybridized carbons (Fsp3) is 0.200. The molecule has 1 aromatic heterocycles. The molecular weight excluding hydrogens is 376 g/mol. The molecule has 3 aromatic rings. The summed E-state index contributed by atoms with van der Waals surface area (Å²) >= 11 is 0. The second-order valence-corrected chi connectivity index (χ2v) is 5.89. The minimum atomic E-state index is -0.575. The summed E-state index contributed by atoms with van der Waals surface area (Å²) < 4.78 is 12.6. The highest BCUT2D eigenvalue weighted by atomic mass is 16.6. The van der Waals surface area contributed by atoms with Crippen molar-refractivity contribution in [1.82, 2.24) is 9.78 Å². The van der Waals surface area contributed by atoms with Crippen molar-refractivity contribution < 1.29 is 19.2 Å². The molecule has 150 valence electrons. The molecule has 0 spiro atoms. The second kappa shape index (κ2) is 8.87. The molecule has 0 aliphatic heterocycles. The van der Waals surface area contributed by atoms with Crippen molar-refractivity contribution in [1.29, 1.82) is 0 Å². The largest absolute Gasteiger partial charge is 0.490 e. The summed E-state index contributed by atoms with van der Waals surface area (Å²) in [6.45, 7) is 4.23. The van der Waals surface area contributed by atoms with Crippen LogP contribution in [0.1, 0.15) is 24.2 Å². The fourth-order valence-corrected chi connectivity index (χ4v) is 2.72. The highest BCUT2D eigenvalue weighted by Crippen LogP contribution is 2.38. The number of nitrogens with zero attached hydrogens (tertiary/aromatic N) is 3. The lowest BCUT2D eigenvalue weighted by Crippen LogP contribution is -2.14. The first-order valence-electron chi connectivity index (χ1n) is 9.03. The first-order valence-corrected chi connectivity index (χ1v) is 9.03. The maximum atomic E-state index is 12.6. The van der Waals surface area contributed by atoms with Crippen LogP contribution >= 0.6 is 0 Å².